The van der Waals surface area contributed by atoms with E-state index in [9.17, 15) is 9.90 Å². The minimum Gasteiger partial charge on any atom is -0.393 e. The topological polar surface area (TPSA) is 79.5 Å². The number of aromatic nitrogens is 3. The highest BCUT2D eigenvalue weighted by atomic mass is 16.3. The Hall–Kier alpha value is -1.95. The molecule has 1 fully saturated rings. The Morgan fingerprint density at radius 2 is 2.15 bits per heavy atom. The van der Waals surface area contributed by atoms with Crippen LogP contribution in [0.15, 0.2) is 24.8 Å². The third-order valence-corrected chi connectivity index (χ3v) is 3.94. The normalized spacial score (nSPS) is 22.9. The van der Waals surface area contributed by atoms with Crippen molar-refractivity contribution in [3.05, 3.63) is 30.4 Å². The molecule has 6 nitrogen and oxygen atoms in total. The van der Waals surface area contributed by atoms with Gasteiger partial charge in [0, 0.05) is 18.9 Å². The summed E-state index contributed by atoms with van der Waals surface area (Å²) < 4.78 is 1.64. The summed E-state index contributed by atoms with van der Waals surface area (Å²) >= 11 is 0. The first-order valence-corrected chi connectivity index (χ1v) is 6.97. The summed E-state index contributed by atoms with van der Waals surface area (Å²) in [5, 5.41) is 16.6. The SMILES string of the molecule is O=C(NCC1CCC(O)CC1)c1cnn2ccncc12. The fourth-order valence-electron chi connectivity index (χ4n) is 2.69. The van der Waals surface area contributed by atoms with Crippen molar-refractivity contribution in [1.82, 2.24) is 19.9 Å². The average molecular weight is 274 g/mol. The highest BCUT2D eigenvalue weighted by Gasteiger charge is 2.20. The van der Waals surface area contributed by atoms with E-state index in [4.69, 9.17) is 0 Å². The third kappa shape index (κ3) is 2.65. The van der Waals surface area contributed by atoms with Gasteiger partial charge in [0.15, 0.2) is 0 Å². The van der Waals surface area contributed by atoms with Crippen molar-refractivity contribution in [2.24, 2.45) is 5.92 Å². The molecule has 1 amide bonds. The summed E-state index contributed by atoms with van der Waals surface area (Å²) in [5.74, 6) is 0.349. The van der Waals surface area contributed by atoms with E-state index in [1.54, 1.807) is 29.3 Å². The second-order valence-corrected chi connectivity index (χ2v) is 5.35. The molecular formula is C14H18N4O2. The molecule has 3 rings (SSSR count). The van der Waals surface area contributed by atoms with Gasteiger partial charge in [-0.2, -0.15) is 5.10 Å². The van der Waals surface area contributed by atoms with Gasteiger partial charge in [-0.25, -0.2) is 4.52 Å². The third-order valence-electron chi connectivity index (χ3n) is 3.94. The van der Waals surface area contributed by atoms with Crippen molar-refractivity contribution in [1.29, 1.82) is 0 Å². The lowest BCUT2D eigenvalue weighted by Crippen LogP contribution is -2.32. The fraction of sp³-hybridized carbons (Fsp3) is 0.500. The minimum absolute atomic E-state index is 0.112. The number of hydrogen-bond donors (Lipinski definition) is 2. The summed E-state index contributed by atoms with van der Waals surface area (Å²) in [6.07, 6.45) is 10.0. The highest BCUT2D eigenvalue weighted by Crippen LogP contribution is 2.23. The van der Waals surface area contributed by atoms with Gasteiger partial charge in [-0.05, 0) is 31.6 Å². The Balaban J connectivity index is 1.62. The van der Waals surface area contributed by atoms with Gasteiger partial charge in [0.2, 0.25) is 0 Å². The standard InChI is InChI=1S/C14H18N4O2/c19-11-3-1-10(2-4-11)7-16-14(20)12-8-17-18-6-5-15-9-13(12)18/h5-6,8-11,19H,1-4,7H2,(H,16,20). The van der Waals surface area contributed by atoms with Crippen LogP contribution in [0.25, 0.3) is 5.52 Å². The van der Waals surface area contributed by atoms with Crippen LogP contribution in [0.2, 0.25) is 0 Å². The largest absolute Gasteiger partial charge is 0.393 e. The lowest BCUT2D eigenvalue weighted by atomic mass is 9.87. The fourth-order valence-corrected chi connectivity index (χ4v) is 2.69. The van der Waals surface area contributed by atoms with Crippen molar-refractivity contribution in [2.45, 2.75) is 31.8 Å². The molecule has 0 radical (unpaired) electrons. The van der Waals surface area contributed by atoms with E-state index in [0.717, 1.165) is 25.7 Å². The molecule has 2 N–H and O–H groups in total. The van der Waals surface area contributed by atoms with Crippen LogP contribution in [0.1, 0.15) is 36.0 Å². The number of carbonyl (C=O) groups excluding carboxylic acids is 1. The van der Waals surface area contributed by atoms with E-state index < -0.39 is 0 Å². The molecule has 1 aliphatic rings. The zero-order chi connectivity index (χ0) is 13.9. The molecule has 1 aliphatic carbocycles. The van der Waals surface area contributed by atoms with Gasteiger partial charge in [0.05, 0.1) is 29.6 Å². The zero-order valence-electron chi connectivity index (χ0n) is 11.2. The van der Waals surface area contributed by atoms with E-state index >= 15 is 0 Å². The Kier molecular flexibility index (Phi) is 3.64. The molecule has 0 aromatic carbocycles. The Bertz CT molecular complexity index is 602. The molecule has 1 saturated carbocycles. The Morgan fingerprint density at radius 3 is 2.95 bits per heavy atom. The van der Waals surface area contributed by atoms with Crippen molar-refractivity contribution < 1.29 is 9.90 Å². The van der Waals surface area contributed by atoms with Crippen molar-refractivity contribution in [2.75, 3.05) is 6.54 Å². The second kappa shape index (κ2) is 5.58. The van der Waals surface area contributed by atoms with Gasteiger partial charge in [0.1, 0.15) is 0 Å². The monoisotopic (exact) mass is 274 g/mol. The van der Waals surface area contributed by atoms with E-state index in [2.05, 4.69) is 15.4 Å². The molecule has 2 heterocycles. The van der Waals surface area contributed by atoms with Crippen molar-refractivity contribution in [3.8, 4) is 0 Å². The number of aliphatic hydroxyl groups excluding tert-OH is 1. The maximum atomic E-state index is 12.2. The number of nitrogens with zero attached hydrogens (tertiary/aromatic N) is 3. The van der Waals surface area contributed by atoms with Crippen LogP contribution in [0.4, 0.5) is 0 Å². The Morgan fingerprint density at radius 1 is 1.35 bits per heavy atom. The molecule has 0 aliphatic heterocycles. The van der Waals surface area contributed by atoms with Crippen LogP contribution in [0.5, 0.6) is 0 Å². The lowest BCUT2D eigenvalue weighted by Gasteiger charge is -2.25. The number of hydrogen-bond acceptors (Lipinski definition) is 4. The van der Waals surface area contributed by atoms with Gasteiger partial charge in [-0.15, -0.1) is 0 Å². The van der Waals surface area contributed by atoms with Crippen molar-refractivity contribution in [3.63, 3.8) is 0 Å². The molecule has 0 saturated heterocycles. The summed E-state index contributed by atoms with van der Waals surface area (Å²) in [6, 6.07) is 0. The number of rotatable bonds is 3. The average Bonchev–Trinajstić information content (AvgIpc) is 2.90. The summed E-state index contributed by atoms with van der Waals surface area (Å²) in [5.41, 5.74) is 1.26. The molecule has 0 spiro atoms. The molecule has 0 bridgehead atoms. The summed E-state index contributed by atoms with van der Waals surface area (Å²) in [6.45, 7) is 0.656. The van der Waals surface area contributed by atoms with E-state index in [0.29, 0.717) is 23.5 Å². The number of carbonyl (C=O) groups is 1. The predicted octanol–water partition coefficient (Wildman–Crippen LogP) is 1.01. The quantitative estimate of drug-likeness (QED) is 0.875. The zero-order valence-corrected chi connectivity index (χ0v) is 11.2. The number of nitrogens with one attached hydrogen (secondary N) is 1. The van der Waals surface area contributed by atoms with Crippen LogP contribution >= 0.6 is 0 Å². The Labute approximate surface area is 116 Å². The molecular weight excluding hydrogens is 256 g/mol. The number of fused-ring (bicyclic) bond motifs is 1. The van der Waals surface area contributed by atoms with Crippen LogP contribution < -0.4 is 5.32 Å². The first-order valence-electron chi connectivity index (χ1n) is 6.97. The highest BCUT2D eigenvalue weighted by molar-refractivity contribution is 6.00. The molecule has 6 heteroatoms. The van der Waals surface area contributed by atoms with Crippen LogP contribution in [-0.4, -0.2) is 38.3 Å². The summed E-state index contributed by atoms with van der Waals surface area (Å²) in [7, 11) is 0. The van der Waals surface area contributed by atoms with E-state index in [1.165, 1.54) is 0 Å². The first kappa shape index (κ1) is 13.1. The molecule has 2 aromatic rings. The molecule has 0 atom stereocenters. The van der Waals surface area contributed by atoms with E-state index in [1.807, 2.05) is 0 Å². The van der Waals surface area contributed by atoms with Gasteiger partial charge in [-0.1, -0.05) is 0 Å². The second-order valence-electron chi connectivity index (χ2n) is 5.35. The minimum atomic E-state index is -0.160. The summed E-state index contributed by atoms with van der Waals surface area (Å²) in [4.78, 5) is 16.2. The smallest absolute Gasteiger partial charge is 0.255 e. The number of amides is 1. The maximum Gasteiger partial charge on any atom is 0.255 e. The molecule has 2 aromatic heterocycles. The predicted molar refractivity (Wildman–Crippen MR) is 73.3 cm³/mol. The van der Waals surface area contributed by atoms with Gasteiger partial charge in [-0.3, -0.25) is 9.78 Å². The van der Waals surface area contributed by atoms with E-state index in [-0.39, 0.29) is 12.0 Å². The van der Waals surface area contributed by atoms with Gasteiger partial charge < -0.3 is 10.4 Å². The lowest BCUT2D eigenvalue weighted by molar-refractivity contribution is 0.0911. The maximum absolute atomic E-state index is 12.2. The molecule has 0 unspecified atom stereocenters. The molecule has 106 valence electrons. The van der Waals surface area contributed by atoms with Gasteiger partial charge >= 0.3 is 0 Å². The number of aliphatic hydroxyl groups is 1. The van der Waals surface area contributed by atoms with Crippen LogP contribution in [0.3, 0.4) is 0 Å². The van der Waals surface area contributed by atoms with Gasteiger partial charge in [0.25, 0.3) is 5.91 Å². The van der Waals surface area contributed by atoms with Crippen molar-refractivity contribution >= 4 is 11.4 Å². The van der Waals surface area contributed by atoms with Crippen LogP contribution in [0, 0.1) is 5.92 Å². The first-order chi connectivity index (χ1) is 9.74. The molecule has 20 heavy (non-hydrogen) atoms. The van der Waals surface area contributed by atoms with Crippen LogP contribution in [-0.2, 0) is 0 Å².